The molecule has 0 radical (unpaired) electrons. The lowest BCUT2D eigenvalue weighted by molar-refractivity contribution is 0.0696. The number of hydrogen-bond acceptors (Lipinski definition) is 4. The summed E-state index contributed by atoms with van der Waals surface area (Å²) in [5, 5.41) is 20.2. The molecular weight excluding hydrogens is 316 g/mol. The summed E-state index contributed by atoms with van der Waals surface area (Å²) < 4.78 is 0. The number of carbonyl (C=O) groups is 1. The molecular formula is C20H18N2O3. The van der Waals surface area contributed by atoms with E-state index >= 15 is 0 Å². The zero-order valence-electron chi connectivity index (χ0n) is 14.0. The lowest BCUT2D eigenvalue weighted by Crippen LogP contribution is -2.07. The number of carboxylic acid groups (broad SMARTS) is 1. The number of hydrogen-bond donors (Lipinski definition) is 2. The number of fused-ring (bicyclic) bond motifs is 1. The highest BCUT2D eigenvalue weighted by atomic mass is 16.4. The van der Waals surface area contributed by atoms with E-state index in [0.717, 1.165) is 11.3 Å². The number of pyridine rings is 1. The number of rotatable bonds is 4. The third-order valence-corrected chi connectivity index (χ3v) is 3.95. The van der Waals surface area contributed by atoms with Gasteiger partial charge in [0.1, 0.15) is 11.3 Å². The van der Waals surface area contributed by atoms with Gasteiger partial charge in [0, 0.05) is 25.2 Å². The molecule has 1 heterocycles. The van der Waals surface area contributed by atoms with E-state index in [0.29, 0.717) is 10.9 Å². The van der Waals surface area contributed by atoms with Gasteiger partial charge in [0.15, 0.2) is 5.75 Å². The fourth-order valence-corrected chi connectivity index (χ4v) is 2.61. The summed E-state index contributed by atoms with van der Waals surface area (Å²) in [7, 11) is 3.94. The number of aromatic nitrogens is 1. The van der Waals surface area contributed by atoms with Gasteiger partial charge in [-0.25, -0.2) is 9.78 Å². The minimum atomic E-state index is -1.18. The van der Waals surface area contributed by atoms with Crippen LogP contribution in [0.15, 0.2) is 48.5 Å². The molecule has 3 rings (SSSR count). The number of aromatic hydroxyl groups is 1. The monoisotopic (exact) mass is 334 g/mol. The SMILES string of the molecule is CN(C)c1ccc(C=Cc2nc3ccccc3c(C(=O)O)c2O)cc1. The molecule has 0 saturated carbocycles. The third kappa shape index (κ3) is 3.30. The van der Waals surface area contributed by atoms with Crippen molar-refractivity contribution in [3.05, 3.63) is 65.4 Å². The highest BCUT2D eigenvalue weighted by Crippen LogP contribution is 2.30. The van der Waals surface area contributed by atoms with Crippen molar-refractivity contribution >= 4 is 34.7 Å². The van der Waals surface area contributed by atoms with Crippen molar-refractivity contribution in [1.29, 1.82) is 0 Å². The molecule has 126 valence electrons. The van der Waals surface area contributed by atoms with Crippen LogP contribution in [-0.4, -0.2) is 35.3 Å². The van der Waals surface area contributed by atoms with E-state index in [4.69, 9.17) is 0 Å². The maximum Gasteiger partial charge on any atom is 0.340 e. The highest BCUT2D eigenvalue weighted by Gasteiger charge is 2.18. The molecule has 0 aliphatic heterocycles. The van der Waals surface area contributed by atoms with Crippen LogP contribution in [0, 0.1) is 0 Å². The minimum absolute atomic E-state index is 0.131. The molecule has 0 unspecified atom stereocenters. The second kappa shape index (κ2) is 6.65. The number of benzene rings is 2. The Balaban J connectivity index is 2.03. The maximum atomic E-state index is 11.5. The van der Waals surface area contributed by atoms with E-state index in [9.17, 15) is 15.0 Å². The maximum absolute atomic E-state index is 11.5. The van der Waals surface area contributed by atoms with Crippen molar-refractivity contribution in [2.75, 3.05) is 19.0 Å². The quantitative estimate of drug-likeness (QED) is 0.757. The van der Waals surface area contributed by atoms with Crippen molar-refractivity contribution in [3.8, 4) is 5.75 Å². The van der Waals surface area contributed by atoms with E-state index < -0.39 is 5.97 Å². The molecule has 0 spiro atoms. The Morgan fingerprint density at radius 2 is 1.72 bits per heavy atom. The molecule has 2 N–H and O–H groups in total. The van der Waals surface area contributed by atoms with Gasteiger partial charge >= 0.3 is 5.97 Å². The van der Waals surface area contributed by atoms with Gasteiger partial charge < -0.3 is 15.1 Å². The van der Waals surface area contributed by atoms with E-state index in [1.807, 2.05) is 43.3 Å². The first-order valence-corrected chi connectivity index (χ1v) is 7.78. The minimum Gasteiger partial charge on any atom is -0.505 e. The number of para-hydroxylation sites is 1. The van der Waals surface area contributed by atoms with Crippen molar-refractivity contribution in [2.45, 2.75) is 0 Å². The van der Waals surface area contributed by atoms with Gasteiger partial charge in [-0.1, -0.05) is 36.4 Å². The molecule has 0 fully saturated rings. The van der Waals surface area contributed by atoms with Crippen molar-refractivity contribution in [1.82, 2.24) is 4.98 Å². The Morgan fingerprint density at radius 3 is 2.36 bits per heavy atom. The Morgan fingerprint density at radius 1 is 1.04 bits per heavy atom. The summed E-state index contributed by atoms with van der Waals surface area (Å²) >= 11 is 0. The highest BCUT2D eigenvalue weighted by molar-refractivity contribution is 6.06. The fraction of sp³-hybridized carbons (Fsp3) is 0.100. The van der Waals surface area contributed by atoms with Crippen molar-refractivity contribution < 1.29 is 15.0 Å². The van der Waals surface area contributed by atoms with Gasteiger partial charge in [-0.05, 0) is 29.8 Å². The standard InChI is InChI=1S/C20H18N2O3/c1-22(2)14-10-7-13(8-11-14)9-12-17-19(23)18(20(24)25)15-5-3-4-6-16(15)21-17/h3-12,23H,1-2H3,(H,24,25). The van der Waals surface area contributed by atoms with Gasteiger partial charge in [0.2, 0.25) is 0 Å². The molecule has 3 aromatic rings. The Hall–Kier alpha value is -3.34. The molecule has 2 aromatic carbocycles. The molecule has 1 aromatic heterocycles. The van der Waals surface area contributed by atoms with Gasteiger partial charge in [-0.2, -0.15) is 0 Å². The van der Waals surface area contributed by atoms with Crippen LogP contribution in [0.1, 0.15) is 21.6 Å². The first-order chi connectivity index (χ1) is 12.0. The molecule has 0 aliphatic carbocycles. The third-order valence-electron chi connectivity index (χ3n) is 3.95. The smallest absolute Gasteiger partial charge is 0.340 e. The largest absolute Gasteiger partial charge is 0.505 e. The topological polar surface area (TPSA) is 73.7 Å². The van der Waals surface area contributed by atoms with Gasteiger partial charge in [-0.3, -0.25) is 0 Å². The number of nitrogens with zero attached hydrogens (tertiary/aromatic N) is 2. The number of aromatic carboxylic acids is 1. The van der Waals surface area contributed by atoms with E-state index in [1.54, 1.807) is 36.4 Å². The molecule has 0 saturated heterocycles. The summed E-state index contributed by atoms with van der Waals surface area (Å²) in [5.74, 6) is -1.51. The van der Waals surface area contributed by atoms with Crippen LogP contribution >= 0.6 is 0 Å². The van der Waals surface area contributed by atoms with E-state index in [-0.39, 0.29) is 17.0 Å². The Labute approximate surface area is 145 Å². The molecule has 25 heavy (non-hydrogen) atoms. The molecule has 0 bridgehead atoms. The van der Waals surface area contributed by atoms with Gasteiger partial charge in [0.25, 0.3) is 0 Å². The van der Waals surface area contributed by atoms with Crippen LogP contribution in [0.2, 0.25) is 0 Å². The second-order valence-electron chi connectivity index (χ2n) is 5.86. The van der Waals surface area contributed by atoms with Crippen molar-refractivity contribution in [3.63, 3.8) is 0 Å². The van der Waals surface area contributed by atoms with Crippen LogP contribution < -0.4 is 4.90 Å². The summed E-state index contributed by atoms with van der Waals surface area (Å²) in [6.07, 6.45) is 3.42. The Kier molecular flexibility index (Phi) is 4.39. The normalized spacial score (nSPS) is 11.1. The van der Waals surface area contributed by atoms with Gasteiger partial charge in [0.05, 0.1) is 5.52 Å². The average molecular weight is 334 g/mol. The van der Waals surface area contributed by atoms with Crippen LogP contribution in [0.4, 0.5) is 5.69 Å². The molecule has 0 aliphatic rings. The van der Waals surface area contributed by atoms with Crippen LogP contribution in [0.3, 0.4) is 0 Å². The summed E-state index contributed by atoms with van der Waals surface area (Å²) in [5.41, 5.74) is 2.63. The van der Waals surface area contributed by atoms with Crippen molar-refractivity contribution in [2.24, 2.45) is 0 Å². The average Bonchev–Trinajstić information content (AvgIpc) is 2.60. The van der Waals surface area contributed by atoms with Crippen LogP contribution in [-0.2, 0) is 0 Å². The van der Waals surface area contributed by atoms with Crippen LogP contribution in [0.25, 0.3) is 23.1 Å². The summed E-state index contributed by atoms with van der Waals surface area (Å²) in [6.45, 7) is 0. The summed E-state index contributed by atoms with van der Waals surface area (Å²) in [6, 6.07) is 14.7. The fourth-order valence-electron chi connectivity index (χ4n) is 2.61. The molecule has 5 nitrogen and oxygen atoms in total. The zero-order chi connectivity index (χ0) is 18.0. The number of anilines is 1. The lowest BCUT2D eigenvalue weighted by atomic mass is 10.1. The Bertz CT molecular complexity index is 961. The molecule has 0 amide bonds. The van der Waals surface area contributed by atoms with E-state index in [2.05, 4.69) is 4.98 Å². The molecule has 0 atom stereocenters. The van der Waals surface area contributed by atoms with Gasteiger partial charge in [-0.15, -0.1) is 0 Å². The second-order valence-corrected chi connectivity index (χ2v) is 5.86. The van der Waals surface area contributed by atoms with E-state index in [1.165, 1.54) is 0 Å². The predicted octanol–water partition coefficient (Wildman–Crippen LogP) is 3.88. The summed E-state index contributed by atoms with van der Waals surface area (Å²) in [4.78, 5) is 17.9. The first-order valence-electron chi connectivity index (χ1n) is 7.78. The zero-order valence-corrected chi connectivity index (χ0v) is 14.0. The van der Waals surface area contributed by atoms with Crippen LogP contribution in [0.5, 0.6) is 5.75 Å². The first kappa shape index (κ1) is 16.5. The molecule has 5 heteroatoms. The predicted molar refractivity (Wildman–Crippen MR) is 100 cm³/mol. The number of carboxylic acids is 1. The lowest BCUT2D eigenvalue weighted by Gasteiger charge is -2.11.